The zero-order valence-corrected chi connectivity index (χ0v) is 7.88. The zero-order valence-electron chi connectivity index (χ0n) is 7.88. The average Bonchev–Trinajstić information content (AvgIpc) is 2.71. The molecule has 6 heteroatoms. The monoisotopic (exact) mass is 191 g/mol. The summed E-state index contributed by atoms with van der Waals surface area (Å²) in [5.41, 5.74) is 0. The maximum absolute atomic E-state index is 4.98. The summed E-state index contributed by atoms with van der Waals surface area (Å²) in [4.78, 5) is 12.2. The molecule has 0 aliphatic heterocycles. The SMILES string of the molecule is CC(C)c1ncnc(-c2nnco2)n1. The van der Waals surface area contributed by atoms with Gasteiger partial charge in [0, 0.05) is 5.92 Å². The summed E-state index contributed by atoms with van der Waals surface area (Å²) in [6.45, 7) is 4.01. The smallest absolute Gasteiger partial charge is 0.285 e. The van der Waals surface area contributed by atoms with E-state index in [1.807, 2.05) is 13.8 Å². The maximum atomic E-state index is 4.98. The van der Waals surface area contributed by atoms with Gasteiger partial charge in [-0.15, -0.1) is 10.2 Å². The van der Waals surface area contributed by atoms with E-state index in [0.717, 1.165) is 0 Å². The standard InChI is InChI=1S/C8H9N5O/c1-5(2)6-9-3-10-7(12-6)8-13-11-4-14-8/h3-5H,1-2H3. The van der Waals surface area contributed by atoms with Crippen molar-refractivity contribution >= 4 is 0 Å². The number of hydrogen-bond acceptors (Lipinski definition) is 6. The molecule has 0 atom stereocenters. The molecule has 0 bridgehead atoms. The van der Waals surface area contributed by atoms with Crippen molar-refractivity contribution in [1.82, 2.24) is 25.1 Å². The Hall–Kier alpha value is -1.85. The number of nitrogens with zero attached hydrogens (tertiary/aromatic N) is 5. The predicted molar refractivity (Wildman–Crippen MR) is 47.2 cm³/mol. The van der Waals surface area contributed by atoms with E-state index in [2.05, 4.69) is 25.1 Å². The van der Waals surface area contributed by atoms with E-state index in [1.165, 1.54) is 12.7 Å². The molecule has 0 unspecified atom stereocenters. The summed E-state index contributed by atoms with van der Waals surface area (Å²) < 4.78 is 4.98. The molecule has 0 aromatic carbocycles. The second-order valence-corrected chi connectivity index (χ2v) is 3.07. The van der Waals surface area contributed by atoms with Gasteiger partial charge in [-0.1, -0.05) is 13.8 Å². The van der Waals surface area contributed by atoms with Crippen LogP contribution in [0.5, 0.6) is 0 Å². The third kappa shape index (κ3) is 1.59. The molecular formula is C8H9N5O. The van der Waals surface area contributed by atoms with Crippen LogP contribution in [0.25, 0.3) is 11.7 Å². The maximum Gasteiger partial charge on any atom is 0.285 e. The Morgan fingerprint density at radius 3 is 2.79 bits per heavy atom. The van der Waals surface area contributed by atoms with Gasteiger partial charge in [0.25, 0.3) is 5.89 Å². The summed E-state index contributed by atoms with van der Waals surface area (Å²) in [6.07, 6.45) is 2.69. The molecule has 6 nitrogen and oxygen atoms in total. The minimum atomic E-state index is 0.250. The molecular weight excluding hydrogens is 182 g/mol. The highest BCUT2D eigenvalue weighted by atomic mass is 16.4. The summed E-state index contributed by atoms with van der Waals surface area (Å²) in [6, 6.07) is 0. The van der Waals surface area contributed by atoms with Crippen molar-refractivity contribution in [3.8, 4) is 11.7 Å². The van der Waals surface area contributed by atoms with Crippen LogP contribution in [0.3, 0.4) is 0 Å². The molecule has 0 spiro atoms. The molecule has 0 amide bonds. The quantitative estimate of drug-likeness (QED) is 0.705. The van der Waals surface area contributed by atoms with Crippen molar-refractivity contribution in [1.29, 1.82) is 0 Å². The molecule has 2 heterocycles. The highest BCUT2D eigenvalue weighted by molar-refractivity contribution is 5.37. The number of rotatable bonds is 2. The van der Waals surface area contributed by atoms with Crippen LogP contribution in [0, 0.1) is 0 Å². The van der Waals surface area contributed by atoms with Crippen LogP contribution < -0.4 is 0 Å². The fourth-order valence-corrected chi connectivity index (χ4v) is 0.961. The molecule has 2 aromatic rings. The van der Waals surface area contributed by atoms with Gasteiger partial charge in [-0.05, 0) is 0 Å². The number of aromatic nitrogens is 5. The van der Waals surface area contributed by atoms with Crippen LogP contribution in [0.1, 0.15) is 25.6 Å². The van der Waals surface area contributed by atoms with E-state index >= 15 is 0 Å². The third-order valence-corrected chi connectivity index (χ3v) is 1.66. The minimum Gasteiger partial charge on any atom is -0.421 e. The summed E-state index contributed by atoms with van der Waals surface area (Å²) in [5, 5.41) is 7.27. The Kier molecular flexibility index (Phi) is 2.18. The first kappa shape index (κ1) is 8.74. The molecule has 0 saturated carbocycles. The zero-order chi connectivity index (χ0) is 9.97. The van der Waals surface area contributed by atoms with Crippen molar-refractivity contribution in [2.75, 3.05) is 0 Å². The van der Waals surface area contributed by atoms with Crippen LogP contribution in [-0.4, -0.2) is 25.1 Å². The lowest BCUT2D eigenvalue weighted by Crippen LogP contribution is -2.00. The summed E-state index contributed by atoms with van der Waals surface area (Å²) in [5.74, 6) is 1.70. The Morgan fingerprint density at radius 1 is 1.29 bits per heavy atom. The Bertz CT molecular complexity index is 411. The van der Waals surface area contributed by atoms with Gasteiger partial charge in [0.15, 0.2) is 0 Å². The summed E-state index contributed by atoms with van der Waals surface area (Å²) in [7, 11) is 0. The van der Waals surface area contributed by atoms with Gasteiger partial charge in [-0.2, -0.15) is 0 Å². The molecule has 2 aromatic heterocycles. The third-order valence-electron chi connectivity index (χ3n) is 1.66. The van der Waals surface area contributed by atoms with Gasteiger partial charge in [-0.3, -0.25) is 0 Å². The van der Waals surface area contributed by atoms with Crippen molar-refractivity contribution in [2.24, 2.45) is 0 Å². The first-order chi connectivity index (χ1) is 6.77. The van der Waals surface area contributed by atoms with Gasteiger partial charge in [0.05, 0.1) is 0 Å². The van der Waals surface area contributed by atoms with E-state index in [9.17, 15) is 0 Å². The average molecular weight is 191 g/mol. The Balaban J connectivity index is 2.41. The lowest BCUT2D eigenvalue weighted by molar-refractivity contribution is 0.561. The highest BCUT2D eigenvalue weighted by Crippen LogP contribution is 2.13. The van der Waals surface area contributed by atoms with Gasteiger partial charge in [0.2, 0.25) is 12.2 Å². The van der Waals surface area contributed by atoms with Gasteiger partial charge in [-0.25, -0.2) is 15.0 Å². The Labute approximate surface area is 80.4 Å². The van der Waals surface area contributed by atoms with E-state index in [4.69, 9.17) is 4.42 Å². The van der Waals surface area contributed by atoms with Crippen molar-refractivity contribution in [3.63, 3.8) is 0 Å². The van der Waals surface area contributed by atoms with Crippen LogP contribution in [0.4, 0.5) is 0 Å². The normalized spacial score (nSPS) is 10.8. The fraction of sp³-hybridized carbons (Fsp3) is 0.375. The minimum absolute atomic E-state index is 0.250. The molecule has 14 heavy (non-hydrogen) atoms. The summed E-state index contributed by atoms with van der Waals surface area (Å²) >= 11 is 0. The van der Waals surface area contributed by atoms with E-state index in [-0.39, 0.29) is 5.92 Å². The predicted octanol–water partition coefficient (Wildman–Crippen LogP) is 1.04. The molecule has 72 valence electrons. The molecule has 0 saturated heterocycles. The first-order valence-electron chi connectivity index (χ1n) is 4.23. The van der Waals surface area contributed by atoms with Crippen molar-refractivity contribution in [3.05, 3.63) is 18.5 Å². The van der Waals surface area contributed by atoms with Gasteiger partial charge >= 0.3 is 0 Å². The first-order valence-corrected chi connectivity index (χ1v) is 4.23. The largest absolute Gasteiger partial charge is 0.421 e. The van der Waals surface area contributed by atoms with E-state index < -0.39 is 0 Å². The molecule has 0 radical (unpaired) electrons. The second-order valence-electron chi connectivity index (χ2n) is 3.07. The lowest BCUT2D eigenvalue weighted by Gasteiger charge is -2.01. The molecule has 0 N–H and O–H groups in total. The van der Waals surface area contributed by atoms with Crippen LogP contribution in [-0.2, 0) is 0 Å². The molecule has 2 rings (SSSR count). The Morgan fingerprint density at radius 2 is 2.14 bits per heavy atom. The molecule has 0 fully saturated rings. The van der Waals surface area contributed by atoms with Crippen LogP contribution >= 0.6 is 0 Å². The topological polar surface area (TPSA) is 77.6 Å². The molecule has 0 aliphatic carbocycles. The van der Waals surface area contributed by atoms with E-state index in [0.29, 0.717) is 17.5 Å². The van der Waals surface area contributed by atoms with Gasteiger partial charge in [0.1, 0.15) is 12.2 Å². The van der Waals surface area contributed by atoms with Crippen molar-refractivity contribution < 1.29 is 4.42 Å². The fourth-order valence-electron chi connectivity index (χ4n) is 0.961. The van der Waals surface area contributed by atoms with Gasteiger partial charge < -0.3 is 4.42 Å². The second kappa shape index (κ2) is 3.49. The van der Waals surface area contributed by atoms with E-state index in [1.54, 1.807) is 0 Å². The highest BCUT2D eigenvalue weighted by Gasteiger charge is 2.10. The number of hydrogen-bond donors (Lipinski definition) is 0. The van der Waals surface area contributed by atoms with Crippen LogP contribution in [0.2, 0.25) is 0 Å². The lowest BCUT2D eigenvalue weighted by atomic mass is 10.2. The van der Waals surface area contributed by atoms with Crippen LogP contribution in [0.15, 0.2) is 17.1 Å². The molecule has 0 aliphatic rings. The van der Waals surface area contributed by atoms with Crippen molar-refractivity contribution in [2.45, 2.75) is 19.8 Å².